The summed E-state index contributed by atoms with van der Waals surface area (Å²) in [4.78, 5) is 39.3. The predicted octanol–water partition coefficient (Wildman–Crippen LogP) is 6.54. The largest absolute Gasteiger partial charge is 0.336 e. The molecule has 0 atom stereocenters. The average molecular weight is 466 g/mol. The molecule has 192 valence electrons. The topological polar surface area (TPSA) is 76.9 Å². The Labute approximate surface area is 201 Å². The number of nitrogens with zero attached hydrogens (tertiary/aromatic N) is 2. The zero-order valence-corrected chi connectivity index (χ0v) is 21.7. The average Bonchev–Trinajstić information content (AvgIpc) is 2.80. The molecule has 1 N–H and O–H groups in total. The maximum atomic E-state index is 12.7. The quantitative estimate of drug-likeness (QED) is 0.197. The summed E-state index contributed by atoms with van der Waals surface area (Å²) in [7, 11) is 0. The van der Waals surface area contributed by atoms with Gasteiger partial charge in [-0.2, -0.15) is 0 Å². The van der Waals surface area contributed by atoms with Gasteiger partial charge in [0, 0.05) is 13.1 Å². The van der Waals surface area contributed by atoms with Crippen LogP contribution in [0.2, 0.25) is 0 Å². The molecule has 0 radical (unpaired) electrons. The molecular formula is C27H51N3O3. The minimum absolute atomic E-state index is 0.392. The van der Waals surface area contributed by atoms with Gasteiger partial charge < -0.3 is 0 Å². The molecule has 6 nitrogen and oxygen atoms in total. The molecule has 1 heterocycles. The lowest BCUT2D eigenvalue weighted by molar-refractivity contribution is 0.461. The van der Waals surface area contributed by atoms with Crippen LogP contribution in [0.4, 0.5) is 0 Å². The molecule has 0 aliphatic carbocycles. The molecule has 0 saturated heterocycles. The maximum absolute atomic E-state index is 12.7. The lowest BCUT2D eigenvalue weighted by Crippen LogP contribution is -2.49. The van der Waals surface area contributed by atoms with Crippen LogP contribution in [-0.2, 0) is 13.1 Å². The van der Waals surface area contributed by atoms with E-state index in [2.05, 4.69) is 18.8 Å². The van der Waals surface area contributed by atoms with Crippen molar-refractivity contribution in [2.45, 2.75) is 155 Å². The van der Waals surface area contributed by atoms with Crippen LogP contribution in [0.1, 0.15) is 142 Å². The Kier molecular flexibility index (Phi) is 17.7. The Hall–Kier alpha value is -1.59. The summed E-state index contributed by atoms with van der Waals surface area (Å²) in [5.74, 6) is 0. The number of H-pyrrole nitrogens is 1. The van der Waals surface area contributed by atoms with E-state index in [1.807, 2.05) is 0 Å². The molecule has 0 bridgehead atoms. The van der Waals surface area contributed by atoms with E-state index in [1.54, 1.807) is 0 Å². The zero-order valence-electron chi connectivity index (χ0n) is 21.7. The van der Waals surface area contributed by atoms with Gasteiger partial charge in [-0.25, -0.2) is 23.5 Å². The van der Waals surface area contributed by atoms with Crippen LogP contribution < -0.4 is 17.1 Å². The number of nitrogens with one attached hydrogen (secondary N) is 1. The Balaban J connectivity index is 2.28. The van der Waals surface area contributed by atoms with Crippen molar-refractivity contribution in [2.24, 2.45) is 0 Å². The van der Waals surface area contributed by atoms with Crippen molar-refractivity contribution in [3.63, 3.8) is 0 Å². The number of hydrogen-bond acceptors (Lipinski definition) is 3. The molecule has 0 spiro atoms. The number of aromatic nitrogens is 3. The second kappa shape index (κ2) is 19.8. The van der Waals surface area contributed by atoms with Gasteiger partial charge in [0.2, 0.25) is 0 Å². The highest BCUT2D eigenvalue weighted by molar-refractivity contribution is 4.74. The molecular weight excluding hydrogens is 414 g/mol. The first kappa shape index (κ1) is 29.4. The molecule has 1 aromatic heterocycles. The summed E-state index contributed by atoms with van der Waals surface area (Å²) in [6, 6.07) is 0. The van der Waals surface area contributed by atoms with Crippen LogP contribution in [0.25, 0.3) is 0 Å². The van der Waals surface area contributed by atoms with Crippen molar-refractivity contribution in [3.8, 4) is 0 Å². The van der Waals surface area contributed by atoms with E-state index in [9.17, 15) is 14.4 Å². The molecule has 0 aliphatic heterocycles. The fraction of sp³-hybridized carbons (Fsp3) is 0.889. The van der Waals surface area contributed by atoms with E-state index in [1.165, 1.54) is 99.0 Å². The van der Waals surface area contributed by atoms with Crippen molar-refractivity contribution >= 4 is 0 Å². The molecule has 0 fully saturated rings. The molecule has 1 rings (SSSR count). The highest BCUT2D eigenvalue weighted by Crippen LogP contribution is 2.11. The second-order valence-electron chi connectivity index (χ2n) is 9.69. The Morgan fingerprint density at radius 2 is 0.727 bits per heavy atom. The van der Waals surface area contributed by atoms with Crippen LogP contribution >= 0.6 is 0 Å². The van der Waals surface area contributed by atoms with Crippen molar-refractivity contribution in [1.29, 1.82) is 0 Å². The van der Waals surface area contributed by atoms with Crippen LogP contribution in [0.3, 0.4) is 0 Å². The van der Waals surface area contributed by atoms with Gasteiger partial charge in [0.25, 0.3) is 0 Å². The SMILES string of the molecule is CCCCCCCCCCCCn1c(=O)[nH]c(=O)n(CCCCCCCCCCCC)c1=O. The van der Waals surface area contributed by atoms with Gasteiger partial charge >= 0.3 is 17.1 Å². The molecule has 33 heavy (non-hydrogen) atoms. The summed E-state index contributed by atoms with van der Waals surface area (Å²) in [6.45, 7) is 5.26. The molecule has 0 unspecified atom stereocenters. The second-order valence-corrected chi connectivity index (χ2v) is 9.69. The van der Waals surface area contributed by atoms with Gasteiger partial charge in [-0.05, 0) is 12.8 Å². The summed E-state index contributed by atoms with van der Waals surface area (Å²) in [5.41, 5.74) is -1.59. The van der Waals surface area contributed by atoms with Crippen molar-refractivity contribution in [1.82, 2.24) is 14.1 Å². The van der Waals surface area contributed by atoms with Crippen LogP contribution in [0.15, 0.2) is 14.4 Å². The number of aromatic amines is 1. The lowest BCUT2D eigenvalue weighted by Gasteiger charge is -2.09. The highest BCUT2D eigenvalue weighted by atomic mass is 16.2. The third-order valence-electron chi connectivity index (χ3n) is 6.64. The minimum Gasteiger partial charge on any atom is -0.259 e. The first-order valence-corrected chi connectivity index (χ1v) is 14.1. The molecule has 1 aromatic rings. The Morgan fingerprint density at radius 3 is 1.03 bits per heavy atom. The molecule has 0 saturated carbocycles. The van der Waals surface area contributed by atoms with E-state index in [-0.39, 0.29) is 0 Å². The van der Waals surface area contributed by atoms with Gasteiger partial charge in [-0.15, -0.1) is 0 Å². The fourth-order valence-electron chi connectivity index (χ4n) is 4.45. The van der Waals surface area contributed by atoms with E-state index in [0.717, 1.165) is 38.5 Å². The standard InChI is InChI=1S/C27H51N3O3/c1-3-5-7-9-11-13-15-17-19-21-23-29-25(31)28-26(32)30(27(29)33)24-22-20-18-16-14-12-10-8-6-4-2/h3-24H2,1-2H3,(H,28,31,32). The summed E-state index contributed by atoms with van der Waals surface area (Å²) >= 11 is 0. The normalized spacial score (nSPS) is 11.3. The van der Waals surface area contributed by atoms with Crippen molar-refractivity contribution in [3.05, 3.63) is 31.5 Å². The first-order chi connectivity index (χ1) is 16.1. The fourth-order valence-corrected chi connectivity index (χ4v) is 4.45. The van der Waals surface area contributed by atoms with Gasteiger partial charge in [0.15, 0.2) is 0 Å². The summed E-state index contributed by atoms with van der Waals surface area (Å²) < 4.78 is 2.42. The zero-order chi connectivity index (χ0) is 24.2. The lowest BCUT2D eigenvalue weighted by atomic mass is 10.1. The molecule has 6 heteroatoms. The monoisotopic (exact) mass is 465 g/mol. The van der Waals surface area contributed by atoms with E-state index < -0.39 is 17.1 Å². The first-order valence-electron chi connectivity index (χ1n) is 14.1. The summed E-state index contributed by atoms with van der Waals surface area (Å²) in [5, 5.41) is 0. The Bertz CT molecular complexity index is 704. The number of hydrogen-bond donors (Lipinski definition) is 1. The molecule has 0 aliphatic rings. The van der Waals surface area contributed by atoms with Gasteiger partial charge in [-0.3, -0.25) is 4.98 Å². The van der Waals surface area contributed by atoms with Gasteiger partial charge in [-0.1, -0.05) is 129 Å². The minimum atomic E-state index is -0.569. The number of unbranched alkanes of at least 4 members (excludes halogenated alkanes) is 18. The number of rotatable bonds is 22. The smallest absolute Gasteiger partial charge is 0.259 e. The highest BCUT2D eigenvalue weighted by Gasteiger charge is 2.09. The van der Waals surface area contributed by atoms with Crippen LogP contribution in [0, 0.1) is 0 Å². The van der Waals surface area contributed by atoms with Crippen LogP contribution in [0.5, 0.6) is 0 Å². The maximum Gasteiger partial charge on any atom is 0.336 e. The van der Waals surface area contributed by atoms with Gasteiger partial charge in [0.1, 0.15) is 0 Å². The van der Waals surface area contributed by atoms with E-state index in [4.69, 9.17) is 0 Å². The third kappa shape index (κ3) is 13.6. The molecule has 0 aromatic carbocycles. The van der Waals surface area contributed by atoms with E-state index >= 15 is 0 Å². The van der Waals surface area contributed by atoms with E-state index in [0.29, 0.717) is 13.1 Å². The summed E-state index contributed by atoms with van der Waals surface area (Å²) in [6.07, 6.45) is 24.1. The van der Waals surface area contributed by atoms with Crippen LogP contribution in [-0.4, -0.2) is 14.1 Å². The predicted molar refractivity (Wildman–Crippen MR) is 139 cm³/mol. The molecule has 0 amide bonds. The third-order valence-corrected chi connectivity index (χ3v) is 6.64. The van der Waals surface area contributed by atoms with Crippen molar-refractivity contribution in [2.75, 3.05) is 0 Å². The Morgan fingerprint density at radius 1 is 0.455 bits per heavy atom. The van der Waals surface area contributed by atoms with Crippen molar-refractivity contribution < 1.29 is 0 Å². The van der Waals surface area contributed by atoms with Gasteiger partial charge in [0.05, 0.1) is 0 Å².